The van der Waals surface area contributed by atoms with Gasteiger partial charge in [-0.15, -0.1) is 0 Å². The predicted octanol–water partition coefficient (Wildman–Crippen LogP) is 0.810. The van der Waals surface area contributed by atoms with Gasteiger partial charge >= 0.3 is 0 Å². The quantitative estimate of drug-likeness (QED) is 0.814. The molecule has 0 spiro atoms. The average Bonchev–Trinajstić information content (AvgIpc) is 2.46. The maximum atomic E-state index is 12.3. The fourth-order valence-corrected chi connectivity index (χ4v) is 2.50. The van der Waals surface area contributed by atoms with E-state index in [1.54, 1.807) is 11.0 Å². The molecular weight excluding hydrogens is 246 g/mol. The maximum absolute atomic E-state index is 12.3. The number of hydrogen-bond donors (Lipinski definition) is 1. The van der Waals surface area contributed by atoms with Crippen LogP contribution in [0.25, 0.3) is 0 Å². The topological polar surface area (TPSA) is 59.0 Å². The molecule has 2 atom stereocenters. The van der Waals surface area contributed by atoms with E-state index in [-0.39, 0.29) is 12.5 Å². The van der Waals surface area contributed by atoms with E-state index >= 15 is 0 Å². The molecule has 1 saturated heterocycles. The van der Waals surface area contributed by atoms with Crippen molar-refractivity contribution in [2.75, 3.05) is 19.7 Å². The number of hydrogen-bond acceptors (Lipinski definition) is 4. The minimum absolute atomic E-state index is 0.103. The van der Waals surface area contributed by atoms with Crippen molar-refractivity contribution < 1.29 is 19.4 Å². The predicted molar refractivity (Wildman–Crippen MR) is 68.2 cm³/mol. The highest BCUT2D eigenvalue weighted by Crippen LogP contribution is 2.31. The Hall–Kier alpha value is -1.75. The lowest BCUT2D eigenvalue weighted by molar-refractivity contribution is -0.144. The molecule has 1 aromatic carbocycles. The molecule has 2 heterocycles. The van der Waals surface area contributed by atoms with Crippen LogP contribution < -0.4 is 9.47 Å². The van der Waals surface area contributed by atoms with Crippen LogP contribution in [0, 0.1) is 0 Å². The number of aliphatic hydroxyl groups is 1. The zero-order valence-corrected chi connectivity index (χ0v) is 10.6. The van der Waals surface area contributed by atoms with Gasteiger partial charge in [-0.1, -0.05) is 12.1 Å². The van der Waals surface area contributed by atoms with E-state index < -0.39 is 12.2 Å². The number of benzene rings is 1. The highest BCUT2D eigenvalue weighted by Gasteiger charge is 2.33. The molecule has 0 aromatic heterocycles. The van der Waals surface area contributed by atoms with Crippen LogP contribution in [-0.2, 0) is 4.79 Å². The standard InChI is InChI=1S/C14H17NO4/c16-10-4-3-7-15(8-10)14(17)13-9-18-11-5-1-2-6-12(11)19-13/h1-2,5-6,10,13,16H,3-4,7-9H2/t10-,13+/m1/s1. The SMILES string of the molecule is O=C([C@@H]1COc2ccccc2O1)N1CCC[C@@H](O)C1. The monoisotopic (exact) mass is 263 g/mol. The molecule has 0 saturated carbocycles. The van der Waals surface area contributed by atoms with Crippen LogP contribution in [0.15, 0.2) is 24.3 Å². The van der Waals surface area contributed by atoms with Crippen molar-refractivity contribution in [3.05, 3.63) is 24.3 Å². The number of carbonyl (C=O) groups excluding carboxylic acids is 1. The molecule has 1 fully saturated rings. The van der Waals surface area contributed by atoms with Crippen molar-refractivity contribution in [2.45, 2.75) is 25.0 Å². The van der Waals surface area contributed by atoms with Gasteiger partial charge < -0.3 is 19.5 Å². The average molecular weight is 263 g/mol. The zero-order chi connectivity index (χ0) is 13.2. The molecule has 1 amide bonds. The summed E-state index contributed by atoms with van der Waals surface area (Å²) < 4.78 is 11.2. The Labute approximate surface area is 111 Å². The van der Waals surface area contributed by atoms with E-state index in [2.05, 4.69) is 0 Å². The second kappa shape index (κ2) is 5.09. The highest BCUT2D eigenvalue weighted by atomic mass is 16.6. The fraction of sp³-hybridized carbons (Fsp3) is 0.500. The summed E-state index contributed by atoms with van der Waals surface area (Å²) in [5.41, 5.74) is 0. The van der Waals surface area contributed by atoms with Crippen molar-refractivity contribution in [1.29, 1.82) is 0 Å². The molecule has 3 rings (SSSR count). The zero-order valence-electron chi connectivity index (χ0n) is 10.6. The van der Waals surface area contributed by atoms with Crippen LogP contribution >= 0.6 is 0 Å². The fourth-order valence-electron chi connectivity index (χ4n) is 2.50. The first-order chi connectivity index (χ1) is 9.24. The number of β-amino-alcohol motifs (C(OH)–C–C–N with tert-alkyl or cyclic N) is 1. The third kappa shape index (κ3) is 2.51. The van der Waals surface area contributed by atoms with Gasteiger partial charge in [0.25, 0.3) is 5.91 Å². The Balaban J connectivity index is 1.69. The van der Waals surface area contributed by atoms with Crippen LogP contribution in [0.2, 0.25) is 0 Å². The Bertz CT molecular complexity index is 476. The summed E-state index contributed by atoms with van der Waals surface area (Å²) in [6.45, 7) is 1.29. The molecule has 2 aliphatic rings. The molecule has 102 valence electrons. The first kappa shape index (κ1) is 12.3. The van der Waals surface area contributed by atoms with Crippen molar-refractivity contribution in [1.82, 2.24) is 4.90 Å². The largest absolute Gasteiger partial charge is 0.485 e. The first-order valence-electron chi connectivity index (χ1n) is 6.59. The highest BCUT2D eigenvalue weighted by molar-refractivity contribution is 5.82. The van der Waals surface area contributed by atoms with Crippen molar-refractivity contribution in [2.24, 2.45) is 0 Å². The van der Waals surface area contributed by atoms with Crippen LogP contribution in [0.4, 0.5) is 0 Å². The molecule has 1 N–H and O–H groups in total. The summed E-state index contributed by atoms with van der Waals surface area (Å²) in [5, 5.41) is 9.62. The second-order valence-electron chi connectivity index (χ2n) is 4.94. The van der Waals surface area contributed by atoms with Crippen LogP contribution in [0.1, 0.15) is 12.8 Å². The number of amides is 1. The molecule has 2 aliphatic heterocycles. The molecule has 5 heteroatoms. The molecule has 19 heavy (non-hydrogen) atoms. The van der Waals surface area contributed by atoms with Crippen LogP contribution in [0.5, 0.6) is 11.5 Å². The van der Waals surface area contributed by atoms with Crippen molar-refractivity contribution in [3.63, 3.8) is 0 Å². The molecule has 0 unspecified atom stereocenters. The Morgan fingerprint density at radius 2 is 2.11 bits per heavy atom. The van der Waals surface area contributed by atoms with E-state index in [1.807, 2.05) is 18.2 Å². The minimum atomic E-state index is -0.611. The number of fused-ring (bicyclic) bond motifs is 1. The summed E-state index contributed by atoms with van der Waals surface area (Å²) in [7, 11) is 0. The Kier molecular flexibility index (Phi) is 3.29. The van der Waals surface area contributed by atoms with E-state index in [0.29, 0.717) is 24.6 Å². The third-order valence-corrected chi connectivity index (χ3v) is 3.49. The van der Waals surface area contributed by atoms with Gasteiger partial charge in [-0.2, -0.15) is 0 Å². The van der Waals surface area contributed by atoms with E-state index in [1.165, 1.54) is 0 Å². The van der Waals surface area contributed by atoms with Gasteiger partial charge in [0, 0.05) is 13.1 Å². The molecule has 0 radical (unpaired) electrons. The minimum Gasteiger partial charge on any atom is -0.485 e. The van der Waals surface area contributed by atoms with Gasteiger partial charge in [-0.05, 0) is 25.0 Å². The summed E-state index contributed by atoms with van der Waals surface area (Å²) in [4.78, 5) is 14.0. The van der Waals surface area contributed by atoms with E-state index in [4.69, 9.17) is 9.47 Å². The third-order valence-electron chi connectivity index (χ3n) is 3.49. The number of piperidine rings is 1. The van der Waals surface area contributed by atoms with Crippen LogP contribution in [-0.4, -0.2) is 47.8 Å². The lowest BCUT2D eigenvalue weighted by Crippen LogP contribution is -2.50. The number of para-hydroxylation sites is 2. The van der Waals surface area contributed by atoms with Gasteiger partial charge in [0.1, 0.15) is 6.61 Å². The number of rotatable bonds is 1. The van der Waals surface area contributed by atoms with E-state index in [9.17, 15) is 9.90 Å². The number of aliphatic hydroxyl groups excluding tert-OH is 1. The first-order valence-corrected chi connectivity index (χ1v) is 6.59. The number of carbonyl (C=O) groups is 1. The van der Waals surface area contributed by atoms with Crippen molar-refractivity contribution >= 4 is 5.91 Å². The second-order valence-corrected chi connectivity index (χ2v) is 4.94. The number of nitrogens with zero attached hydrogens (tertiary/aromatic N) is 1. The van der Waals surface area contributed by atoms with E-state index in [0.717, 1.165) is 12.8 Å². The van der Waals surface area contributed by atoms with Crippen LogP contribution in [0.3, 0.4) is 0 Å². The summed E-state index contributed by atoms with van der Waals surface area (Å²) in [6, 6.07) is 7.32. The Morgan fingerprint density at radius 3 is 2.89 bits per heavy atom. The lowest BCUT2D eigenvalue weighted by Gasteiger charge is -2.34. The summed E-state index contributed by atoms with van der Waals surface area (Å²) in [5.74, 6) is 1.17. The summed E-state index contributed by atoms with van der Waals surface area (Å²) in [6.07, 6.45) is 0.556. The maximum Gasteiger partial charge on any atom is 0.267 e. The molecule has 1 aromatic rings. The smallest absolute Gasteiger partial charge is 0.267 e. The normalized spacial score (nSPS) is 26.1. The number of ether oxygens (including phenoxy) is 2. The molecule has 0 aliphatic carbocycles. The van der Waals surface area contributed by atoms with Crippen molar-refractivity contribution in [3.8, 4) is 11.5 Å². The van der Waals surface area contributed by atoms with Gasteiger partial charge in [0.15, 0.2) is 11.5 Å². The number of likely N-dealkylation sites (tertiary alicyclic amines) is 1. The molecular formula is C14H17NO4. The Morgan fingerprint density at radius 1 is 1.32 bits per heavy atom. The van der Waals surface area contributed by atoms with Gasteiger partial charge in [0.05, 0.1) is 6.10 Å². The van der Waals surface area contributed by atoms with Gasteiger partial charge in [-0.25, -0.2) is 0 Å². The summed E-state index contributed by atoms with van der Waals surface area (Å²) >= 11 is 0. The molecule has 5 nitrogen and oxygen atoms in total. The lowest BCUT2D eigenvalue weighted by atomic mass is 10.1. The van der Waals surface area contributed by atoms with Gasteiger partial charge in [0.2, 0.25) is 6.10 Å². The van der Waals surface area contributed by atoms with Gasteiger partial charge in [-0.3, -0.25) is 4.79 Å². The molecule has 0 bridgehead atoms.